The van der Waals surface area contributed by atoms with Gasteiger partial charge in [0, 0.05) is 11.3 Å². The number of nitriles is 1. The minimum Gasteiger partial charge on any atom is -0.488 e. The molecule has 0 saturated carbocycles. The Morgan fingerprint density at radius 3 is 2.48 bits per heavy atom. The van der Waals surface area contributed by atoms with Crippen LogP contribution in [0.3, 0.4) is 0 Å². The summed E-state index contributed by atoms with van der Waals surface area (Å²) >= 11 is 0. The fourth-order valence-corrected chi connectivity index (χ4v) is 3.72. The molecule has 0 fully saturated rings. The van der Waals surface area contributed by atoms with Gasteiger partial charge in [0.05, 0.1) is 0 Å². The number of carbonyl (C=O) groups is 1. The summed E-state index contributed by atoms with van der Waals surface area (Å²) in [5.41, 5.74) is 4.49. The summed E-state index contributed by atoms with van der Waals surface area (Å²) in [6, 6.07) is 29.4. The van der Waals surface area contributed by atoms with Crippen molar-refractivity contribution in [3.8, 4) is 11.8 Å². The van der Waals surface area contributed by atoms with Crippen LogP contribution in [-0.2, 0) is 11.4 Å². The highest BCUT2D eigenvalue weighted by molar-refractivity contribution is 6.11. The molecular formula is C29H24N2O2. The number of hydrogen-bond donors (Lipinski definition) is 1. The number of benzene rings is 4. The molecular weight excluding hydrogens is 408 g/mol. The fourth-order valence-electron chi connectivity index (χ4n) is 3.72. The van der Waals surface area contributed by atoms with Crippen molar-refractivity contribution < 1.29 is 9.53 Å². The monoisotopic (exact) mass is 432 g/mol. The second kappa shape index (κ2) is 9.84. The van der Waals surface area contributed by atoms with Crippen LogP contribution in [0, 0.1) is 25.2 Å². The van der Waals surface area contributed by atoms with Crippen LogP contribution in [0.2, 0.25) is 0 Å². The van der Waals surface area contributed by atoms with E-state index in [4.69, 9.17) is 4.74 Å². The molecule has 1 N–H and O–H groups in total. The molecule has 4 rings (SSSR count). The average molecular weight is 433 g/mol. The van der Waals surface area contributed by atoms with Gasteiger partial charge in [-0.2, -0.15) is 5.26 Å². The Hall–Kier alpha value is -4.36. The van der Waals surface area contributed by atoms with E-state index in [2.05, 4.69) is 11.4 Å². The van der Waals surface area contributed by atoms with E-state index in [0.717, 1.165) is 27.5 Å². The van der Waals surface area contributed by atoms with Crippen molar-refractivity contribution in [3.05, 3.63) is 113 Å². The van der Waals surface area contributed by atoms with Gasteiger partial charge in [0.15, 0.2) is 0 Å². The van der Waals surface area contributed by atoms with E-state index in [1.807, 2.05) is 98.8 Å². The van der Waals surface area contributed by atoms with E-state index in [1.54, 1.807) is 6.08 Å². The lowest BCUT2D eigenvalue weighted by Crippen LogP contribution is -2.14. The topological polar surface area (TPSA) is 62.1 Å². The van der Waals surface area contributed by atoms with Gasteiger partial charge in [0.1, 0.15) is 24.0 Å². The highest BCUT2D eigenvalue weighted by Gasteiger charge is 2.15. The highest BCUT2D eigenvalue weighted by Crippen LogP contribution is 2.31. The van der Waals surface area contributed by atoms with Gasteiger partial charge in [-0.15, -0.1) is 0 Å². The van der Waals surface area contributed by atoms with Crippen molar-refractivity contribution in [1.82, 2.24) is 0 Å². The maximum atomic E-state index is 13.0. The Balaban J connectivity index is 1.70. The number of ether oxygens (including phenoxy) is 1. The number of hydrogen-bond acceptors (Lipinski definition) is 3. The number of anilines is 1. The molecule has 0 aliphatic heterocycles. The van der Waals surface area contributed by atoms with E-state index in [9.17, 15) is 10.1 Å². The molecule has 33 heavy (non-hydrogen) atoms. The largest absolute Gasteiger partial charge is 0.488 e. The van der Waals surface area contributed by atoms with Gasteiger partial charge in [-0.25, -0.2) is 0 Å². The Morgan fingerprint density at radius 1 is 0.970 bits per heavy atom. The molecule has 0 unspecified atom stereocenters. The van der Waals surface area contributed by atoms with Crippen molar-refractivity contribution in [3.63, 3.8) is 0 Å². The van der Waals surface area contributed by atoms with Gasteiger partial charge in [-0.3, -0.25) is 4.79 Å². The number of fused-ring (bicyclic) bond motifs is 1. The van der Waals surface area contributed by atoms with E-state index in [1.165, 1.54) is 0 Å². The number of nitrogens with one attached hydrogen (secondary N) is 1. The molecule has 4 aromatic rings. The summed E-state index contributed by atoms with van der Waals surface area (Å²) in [4.78, 5) is 13.0. The minimum absolute atomic E-state index is 0.0101. The third-order valence-electron chi connectivity index (χ3n) is 5.45. The molecule has 0 aromatic heterocycles. The lowest BCUT2D eigenvalue weighted by Gasteiger charge is -2.13. The van der Waals surface area contributed by atoms with E-state index < -0.39 is 5.91 Å². The van der Waals surface area contributed by atoms with Gasteiger partial charge in [-0.1, -0.05) is 78.4 Å². The van der Waals surface area contributed by atoms with Crippen molar-refractivity contribution in [2.45, 2.75) is 20.5 Å². The predicted octanol–water partition coefficient (Wildman–Crippen LogP) is 6.58. The molecule has 0 aliphatic rings. The van der Waals surface area contributed by atoms with E-state index in [0.29, 0.717) is 23.6 Å². The van der Waals surface area contributed by atoms with Crippen LogP contribution in [-0.4, -0.2) is 5.91 Å². The maximum absolute atomic E-state index is 13.0. The number of carbonyl (C=O) groups excluding carboxylic acids is 1. The zero-order valence-corrected chi connectivity index (χ0v) is 18.6. The summed E-state index contributed by atoms with van der Waals surface area (Å²) < 4.78 is 6.12. The van der Waals surface area contributed by atoms with Crippen LogP contribution in [0.25, 0.3) is 16.8 Å². The fraction of sp³-hybridized carbons (Fsp3) is 0.103. The van der Waals surface area contributed by atoms with Crippen LogP contribution in [0.4, 0.5) is 5.69 Å². The third kappa shape index (κ3) is 5.11. The van der Waals surface area contributed by atoms with Crippen LogP contribution >= 0.6 is 0 Å². The van der Waals surface area contributed by atoms with Gasteiger partial charge in [0.2, 0.25) is 0 Å². The second-order valence-electron chi connectivity index (χ2n) is 7.92. The van der Waals surface area contributed by atoms with Crippen LogP contribution in [0.1, 0.15) is 22.3 Å². The summed E-state index contributed by atoms with van der Waals surface area (Å²) in [6.07, 6.45) is 1.61. The van der Waals surface area contributed by atoms with E-state index in [-0.39, 0.29) is 5.57 Å². The molecule has 4 aromatic carbocycles. The molecule has 4 nitrogen and oxygen atoms in total. The molecule has 0 bridgehead atoms. The molecule has 0 aliphatic carbocycles. The molecule has 162 valence electrons. The zero-order chi connectivity index (χ0) is 23.2. The van der Waals surface area contributed by atoms with Crippen LogP contribution in [0.15, 0.2) is 90.5 Å². The van der Waals surface area contributed by atoms with Gasteiger partial charge in [-0.05, 0) is 54.0 Å². The number of nitrogens with zero attached hydrogens (tertiary/aromatic N) is 1. The first-order chi connectivity index (χ1) is 16.0. The van der Waals surface area contributed by atoms with Crippen molar-refractivity contribution in [2.75, 3.05) is 5.32 Å². The molecule has 0 atom stereocenters. The average Bonchev–Trinajstić information content (AvgIpc) is 2.83. The Morgan fingerprint density at radius 2 is 1.73 bits per heavy atom. The van der Waals surface area contributed by atoms with Crippen molar-refractivity contribution in [1.29, 1.82) is 5.26 Å². The third-order valence-corrected chi connectivity index (χ3v) is 5.45. The minimum atomic E-state index is -0.452. The van der Waals surface area contributed by atoms with Crippen LogP contribution in [0.5, 0.6) is 5.75 Å². The Kier molecular flexibility index (Phi) is 6.52. The molecule has 0 saturated heterocycles. The molecule has 0 radical (unpaired) electrons. The molecule has 4 heteroatoms. The number of amides is 1. The van der Waals surface area contributed by atoms with E-state index >= 15 is 0 Å². The summed E-state index contributed by atoms with van der Waals surface area (Å²) in [6.45, 7) is 4.31. The lowest BCUT2D eigenvalue weighted by molar-refractivity contribution is -0.112. The first kappa shape index (κ1) is 21.9. The molecule has 0 spiro atoms. The second-order valence-corrected chi connectivity index (χ2v) is 7.92. The first-order valence-electron chi connectivity index (χ1n) is 10.7. The van der Waals surface area contributed by atoms with Gasteiger partial charge >= 0.3 is 0 Å². The SMILES string of the molecule is Cc1ccc(NC(=O)/C(C#N)=C/c2c(OCc3ccccc3)ccc3ccccc23)c(C)c1. The van der Waals surface area contributed by atoms with Crippen molar-refractivity contribution in [2.24, 2.45) is 0 Å². The highest BCUT2D eigenvalue weighted by atomic mass is 16.5. The number of rotatable bonds is 6. The quantitative estimate of drug-likeness (QED) is 0.276. The Bertz CT molecular complexity index is 1380. The van der Waals surface area contributed by atoms with Gasteiger partial charge < -0.3 is 10.1 Å². The molecule has 1 amide bonds. The van der Waals surface area contributed by atoms with Crippen molar-refractivity contribution >= 4 is 28.4 Å². The van der Waals surface area contributed by atoms with Crippen LogP contribution < -0.4 is 10.1 Å². The number of aryl methyl sites for hydroxylation is 2. The zero-order valence-electron chi connectivity index (χ0n) is 18.6. The lowest BCUT2D eigenvalue weighted by atomic mass is 10.0. The maximum Gasteiger partial charge on any atom is 0.266 e. The molecule has 0 heterocycles. The predicted molar refractivity (Wildman–Crippen MR) is 133 cm³/mol. The summed E-state index contributed by atoms with van der Waals surface area (Å²) in [5, 5.41) is 14.6. The summed E-state index contributed by atoms with van der Waals surface area (Å²) in [5.74, 6) is 0.163. The Labute approximate surface area is 193 Å². The smallest absolute Gasteiger partial charge is 0.266 e. The summed E-state index contributed by atoms with van der Waals surface area (Å²) in [7, 11) is 0. The normalized spacial score (nSPS) is 11.1. The first-order valence-corrected chi connectivity index (χ1v) is 10.7. The van der Waals surface area contributed by atoms with Gasteiger partial charge in [0.25, 0.3) is 5.91 Å². The standard InChI is InChI=1S/C29H24N2O2/c1-20-12-14-27(21(2)16-20)31-29(32)24(18-30)17-26-25-11-7-6-10-23(25)13-15-28(26)33-19-22-8-4-3-5-9-22/h3-17H,19H2,1-2H3,(H,31,32)/b24-17+.